The van der Waals surface area contributed by atoms with Crippen LogP contribution >= 0.6 is 23.2 Å². The first kappa shape index (κ1) is 28.9. The second kappa shape index (κ2) is 10.4. The summed E-state index contributed by atoms with van der Waals surface area (Å²) < 4.78 is 19.1. The van der Waals surface area contributed by atoms with Crippen LogP contribution in [-0.2, 0) is 37.4 Å². The number of halogens is 2. The van der Waals surface area contributed by atoms with Crippen LogP contribution < -0.4 is 9.47 Å². The fraction of sp³-hybridized carbons (Fsp3) is 0.545. The highest BCUT2D eigenvalue weighted by Gasteiger charge is 2.75. The number of piperidine rings is 1. The molecule has 228 valence electrons. The van der Waals surface area contributed by atoms with E-state index in [-0.39, 0.29) is 30.4 Å². The Labute approximate surface area is 261 Å². The predicted molar refractivity (Wildman–Crippen MR) is 161 cm³/mol. The number of ether oxygens (including phenoxy) is 3. The molecule has 2 aromatic carbocycles. The van der Waals surface area contributed by atoms with Crippen molar-refractivity contribution in [1.29, 1.82) is 0 Å². The summed E-state index contributed by atoms with van der Waals surface area (Å²) >= 11 is 12.3. The van der Waals surface area contributed by atoms with Crippen molar-refractivity contribution < 1.29 is 28.6 Å². The van der Waals surface area contributed by atoms with E-state index >= 15 is 0 Å². The topological polar surface area (TPSA) is 85.4 Å². The summed E-state index contributed by atoms with van der Waals surface area (Å²) in [4.78, 5) is 43.2. The molecule has 3 fully saturated rings. The van der Waals surface area contributed by atoms with E-state index in [0.717, 1.165) is 36.2 Å². The smallest absolute Gasteiger partial charge is 0.308 e. The van der Waals surface area contributed by atoms with Gasteiger partial charge in [-0.2, -0.15) is 0 Å². The maximum Gasteiger partial charge on any atom is 0.308 e. The molecule has 2 aromatic rings. The van der Waals surface area contributed by atoms with Crippen LogP contribution in [0.2, 0.25) is 10.0 Å². The number of nitrogens with zero attached hydrogens (tertiary/aromatic N) is 2. The summed E-state index contributed by atoms with van der Waals surface area (Å²) in [5.74, 6) is 0.778. The zero-order valence-electron chi connectivity index (χ0n) is 24.7. The standard InChI is InChI=1S/C33H36Cl2N2O6/c1-18(38)41-26-9-7-22-16-27-33(43-19(2)39)11-10-25(36(3)28(40)15-21-6-8-23(34)24(35)14-21)31-32(33,29(22)30(26)42-31)12-13-37(27)17-20-4-5-20/h6-9,14,20,25,27,31H,4-5,10-13,15-17H2,1-3H3/t25?,27-,31?,32+,33-/m1/s1. The highest BCUT2D eigenvalue weighted by molar-refractivity contribution is 6.42. The molecule has 2 saturated carbocycles. The zero-order valence-corrected chi connectivity index (χ0v) is 26.2. The minimum atomic E-state index is -0.826. The van der Waals surface area contributed by atoms with Crippen LogP contribution in [0.1, 0.15) is 62.6 Å². The number of hydrogen-bond acceptors (Lipinski definition) is 7. The third kappa shape index (κ3) is 4.46. The average Bonchev–Trinajstić information content (AvgIpc) is 3.69. The van der Waals surface area contributed by atoms with Gasteiger partial charge in [0.2, 0.25) is 5.91 Å². The second-order valence-electron chi connectivity index (χ2n) is 13.0. The van der Waals surface area contributed by atoms with E-state index < -0.39 is 23.1 Å². The molecule has 5 atom stereocenters. The Hall–Kier alpha value is -2.81. The molecule has 5 aliphatic rings. The first-order valence-corrected chi connectivity index (χ1v) is 15.9. The largest absolute Gasteiger partial charge is 0.483 e. The van der Waals surface area contributed by atoms with Gasteiger partial charge in [-0.3, -0.25) is 19.3 Å². The SMILES string of the molecule is CC(=O)Oc1ccc2c3c1OC1C(N(C)C(=O)Cc4ccc(Cl)c(Cl)c4)CC[C@@]4(OC(C)=O)[C@@H](C2)N(CC2CC2)CC[C@]314. The number of hydrogen-bond donors (Lipinski definition) is 0. The number of amides is 1. The molecule has 1 saturated heterocycles. The molecule has 7 rings (SSSR count). The lowest BCUT2D eigenvalue weighted by Crippen LogP contribution is -2.79. The molecule has 3 aliphatic carbocycles. The van der Waals surface area contributed by atoms with Gasteiger partial charge in [-0.05, 0) is 80.3 Å². The molecule has 8 nitrogen and oxygen atoms in total. The summed E-state index contributed by atoms with van der Waals surface area (Å²) in [6, 6.07) is 8.79. The van der Waals surface area contributed by atoms with E-state index in [1.54, 1.807) is 17.0 Å². The van der Waals surface area contributed by atoms with Crippen molar-refractivity contribution in [3.8, 4) is 11.5 Å². The first-order valence-electron chi connectivity index (χ1n) is 15.2. The first-order chi connectivity index (χ1) is 20.5. The second-order valence-corrected chi connectivity index (χ2v) is 13.8. The Balaban J connectivity index is 1.32. The molecule has 1 spiro atoms. The minimum absolute atomic E-state index is 0.00644. The molecule has 2 unspecified atom stereocenters. The molecular weight excluding hydrogens is 591 g/mol. The summed E-state index contributed by atoms with van der Waals surface area (Å²) in [5, 5.41) is 0.847. The predicted octanol–water partition coefficient (Wildman–Crippen LogP) is 5.12. The van der Waals surface area contributed by atoms with E-state index in [4.69, 9.17) is 37.4 Å². The van der Waals surface area contributed by atoms with E-state index in [0.29, 0.717) is 46.7 Å². The normalized spacial score (nSPS) is 30.2. The van der Waals surface area contributed by atoms with Gasteiger partial charge in [-0.1, -0.05) is 35.3 Å². The maximum absolute atomic E-state index is 13.8. The van der Waals surface area contributed by atoms with Gasteiger partial charge in [-0.15, -0.1) is 0 Å². The highest BCUT2D eigenvalue weighted by atomic mass is 35.5. The number of carbonyl (C=O) groups excluding carboxylic acids is 3. The molecule has 0 radical (unpaired) electrons. The van der Waals surface area contributed by atoms with Crippen LogP contribution in [0.15, 0.2) is 30.3 Å². The number of carbonyl (C=O) groups is 3. The molecule has 0 N–H and O–H groups in total. The van der Waals surface area contributed by atoms with Crippen LogP contribution in [0.25, 0.3) is 0 Å². The fourth-order valence-electron chi connectivity index (χ4n) is 8.65. The van der Waals surface area contributed by atoms with E-state index in [1.807, 2.05) is 25.2 Å². The van der Waals surface area contributed by atoms with Crippen LogP contribution in [0.5, 0.6) is 11.5 Å². The van der Waals surface area contributed by atoms with Crippen molar-refractivity contribution in [3.63, 3.8) is 0 Å². The summed E-state index contributed by atoms with van der Waals surface area (Å²) in [6.07, 6.45) is 4.78. The van der Waals surface area contributed by atoms with Crippen molar-refractivity contribution in [1.82, 2.24) is 9.80 Å². The van der Waals surface area contributed by atoms with Crippen molar-refractivity contribution >= 4 is 41.0 Å². The molecule has 0 aromatic heterocycles. The van der Waals surface area contributed by atoms with E-state index in [1.165, 1.54) is 26.7 Å². The molecular formula is C33H36Cl2N2O6. The Morgan fingerprint density at radius 2 is 1.84 bits per heavy atom. The van der Waals surface area contributed by atoms with Crippen molar-refractivity contribution in [2.45, 2.75) is 88.0 Å². The number of likely N-dealkylation sites (tertiary alicyclic amines) is 1. The van der Waals surface area contributed by atoms with Gasteiger partial charge in [0, 0.05) is 33.0 Å². The lowest BCUT2D eigenvalue weighted by atomic mass is 9.48. The Morgan fingerprint density at radius 1 is 1.05 bits per heavy atom. The lowest BCUT2D eigenvalue weighted by Gasteiger charge is -2.65. The number of esters is 2. The van der Waals surface area contributed by atoms with Gasteiger partial charge in [0.05, 0.1) is 34.0 Å². The minimum Gasteiger partial charge on any atom is -0.483 e. The number of likely N-dealkylation sites (N-methyl/N-ethyl adjacent to an activating group) is 1. The monoisotopic (exact) mass is 626 g/mol. The van der Waals surface area contributed by atoms with Crippen LogP contribution in [0.4, 0.5) is 0 Å². The van der Waals surface area contributed by atoms with Crippen molar-refractivity contribution in [2.75, 3.05) is 20.1 Å². The molecule has 43 heavy (non-hydrogen) atoms. The summed E-state index contributed by atoms with van der Waals surface area (Å²) in [5.41, 5.74) is 1.37. The van der Waals surface area contributed by atoms with Gasteiger partial charge in [0.25, 0.3) is 0 Å². The molecule has 10 heteroatoms. The number of benzene rings is 2. The maximum atomic E-state index is 13.8. The quantitative estimate of drug-likeness (QED) is 0.311. The molecule has 2 bridgehead atoms. The third-order valence-corrected chi connectivity index (χ3v) is 11.2. The summed E-state index contributed by atoms with van der Waals surface area (Å²) in [6.45, 7) is 4.70. The van der Waals surface area contributed by atoms with E-state index in [9.17, 15) is 14.4 Å². The van der Waals surface area contributed by atoms with Crippen LogP contribution in [-0.4, -0.2) is 71.6 Å². The highest BCUT2D eigenvalue weighted by Crippen LogP contribution is 2.67. The van der Waals surface area contributed by atoms with Gasteiger partial charge < -0.3 is 19.1 Å². The van der Waals surface area contributed by atoms with Crippen molar-refractivity contribution in [2.24, 2.45) is 5.92 Å². The van der Waals surface area contributed by atoms with Crippen molar-refractivity contribution in [3.05, 3.63) is 57.1 Å². The van der Waals surface area contributed by atoms with Gasteiger partial charge in [0.1, 0.15) is 11.7 Å². The molecule has 2 heterocycles. The van der Waals surface area contributed by atoms with Gasteiger partial charge in [0.15, 0.2) is 11.5 Å². The Kier molecular flexibility index (Phi) is 6.99. The van der Waals surface area contributed by atoms with Gasteiger partial charge in [-0.25, -0.2) is 0 Å². The van der Waals surface area contributed by atoms with Crippen LogP contribution in [0.3, 0.4) is 0 Å². The van der Waals surface area contributed by atoms with Crippen LogP contribution in [0, 0.1) is 5.92 Å². The molecule has 2 aliphatic heterocycles. The zero-order chi connectivity index (χ0) is 30.3. The lowest BCUT2D eigenvalue weighted by molar-refractivity contribution is -0.223. The Bertz CT molecular complexity index is 1530. The van der Waals surface area contributed by atoms with E-state index in [2.05, 4.69) is 4.90 Å². The fourth-order valence-corrected chi connectivity index (χ4v) is 8.97. The Morgan fingerprint density at radius 3 is 2.53 bits per heavy atom. The van der Waals surface area contributed by atoms with Gasteiger partial charge >= 0.3 is 11.9 Å². The number of rotatable bonds is 7. The average molecular weight is 628 g/mol. The summed E-state index contributed by atoms with van der Waals surface area (Å²) in [7, 11) is 1.82. The molecule has 1 amide bonds. The third-order valence-electron chi connectivity index (χ3n) is 10.5.